The van der Waals surface area contributed by atoms with E-state index in [9.17, 15) is 0 Å². The van der Waals surface area contributed by atoms with Crippen molar-refractivity contribution < 1.29 is 9.26 Å². The summed E-state index contributed by atoms with van der Waals surface area (Å²) in [5.74, 6) is 0.746. The zero-order valence-corrected chi connectivity index (χ0v) is 6.54. The summed E-state index contributed by atoms with van der Waals surface area (Å²) in [5.41, 5.74) is 6.10. The number of rotatable bonds is 4. The van der Waals surface area contributed by atoms with Gasteiger partial charge in [0.05, 0.1) is 12.3 Å². The highest BCUT2D eigenvalue weighted by Gasteiger charge is 1.98. The van der Waals surface area contributed by atoms with E-state index in [4.69, 9.17) is 15.0 Å². The molecule has 0 bridgehead atoms. The lowest BCUT2D eigenvalue weighted by Crippen LogP contribution is -2.07. The molecule has 0 unspecified atom stereocenters. The highest BCUT2D eigenvalue weighted by Crippen LogP contribution is 2.02. The predicted octanol–water partition coefficient (Wildman–Crippen LogP) is 0.458. The van der Waals surface area contributed by atoms with Gasteiger partial charge in [-0.2, -0.15) is 0 Å². The van der Waals surface area contributed by atoms with Crippen molar-refractivity contribution in [2.75, 3.05) is 13.2 Å². The van der Waals surface area contributed by atoms with Crippen LogP contribution in [0.4, 0.5) is 0 Å². The fraction of sp³-hybridized carbons (Fsp3) is 0.571. The topological polar surface area (TPSA) is 61.3 Å². The lowest BCUT2D eigenvalue weighted by Gasteiger charge is -1.95. The third-order valence-electron chi connectivity index (χ3n) is 1.18. The predicted molar refractivity (Wildman–Crippen MR) is 40.0 cm³/mol. The first-order valence-corrected chi connectivity index (χ1v) is 3.53. The van der Waals surface area contributed by atoms with Gasteiger partial charge in [0.15, 0.2) is 5.76 Å². The highest BCUT2D eigenvalue weighted by atomic mass is 16.5. The molecule has 0 aromatic carbocycles. The molecule has 0 atom stereocenters. The summed E-state index contributed by atoms with van der Waals surface area (Å²) in [7, 11) is 0. The Balaban J connectivity index is 2.27. The zero-order chi connectivity index (χ0) is 8.10. The van der Waals surface area contributed by atoms with Gasteiger partial charge < -0.3 is 15.0 Å². The minimum atomic E-state index is 0.456. The van der Waals surface area contributed by atoms with Crippen LogP contribution in [0.2, 0.25) is 0 Å². The molecule has 1 aromatic rings. The molecular weight excluding hydrogens is 144 g/mol. The van der Waals surface area contributed by atoms with E-state index in [1.165, 1.54) is 0 Å². The Morgan fingerprint density at radius 3 is 3.09 bits per heavy atom. The van der Waals surface area contributed by atoms with Crippen LogP contribution in [0.25, 0.3) is 0 Å². The molecule has 62 valence electrons. The molecule has 2 N–H and O–H groups in total. The summed E-state index contributed by atoms with van der Waals surface area (Å²) in [5, 5.41) is 3.71. The van der Waals surface area contributed by atoms with Crippen molar-refractivity contribution in [3.63, 3.8) is 0 Å². The van der Waals surface area contributed by atoms with Gasteiger partial charge in [0, 0.05) is 12.6 Å². The molecule has 0 saturated heterocycles. The van der Waals surface area contributed by atoms with Gasteiger partial charge in [-0.05, 0) is 6.92 Å². The molecule has 0 aliphatic rings. The van der Waals surface area contributed by atoms with Crippen LogP contribution in [0.1, 0.15) is 11.5 Å². The summed E-state index contributed by atoms with van der Waals surface area (Å²) >= 11 is 0. The van der Waals surface area contributed by atoms with Gasteiger partial charge in [0.2, 0.25) is 0 Å². The van der Waals surface area contributed by atoms with Gasteiger partial charge in [0.1, 0.15) is 6.61 Å². The van der Waals surface area contributed by atoms with E-state index in [2.05, 4.69) is 5.16 Å². The number of nitrogens with two attached hydrogens (primary N) is 1. The minimum Gasteiger partial charge on any atom is -0.372 e. The Bertz CT molecular complexity index is 210. The van der Waals surface area contributed by atoms with Crippen LogP contribution in [0, 0.1) is 6.92 Å². The molecule has 0 saturated carbocycles. The van der Waals surface area contributed by atoms with Gasteiger partial charge in [-0.3, -0.25) is 0 Å². The average molecular weight is 156 g/mol. The lowest BCUT2D eigenvalue weighted by molar-refractivity contribution is 0.107. The fourth-order valence-electron chi connectivity index (χ4n) is 0.740. The maximum atomic E-state index is 5.23. The molecule has 4 heteroatoms. The van der Waals surface area contributed by atoms with Crippen molar-refractivity contribution in [2.45, 2.75) is 13.5 Å². The minimum absolute atomic E-state index is 0.456. The summed E-state index contributed by atoms with van der Waals surface area (Å²) in [6, 6.07) is 1.84. The molecule has 0 aliphatic carbocycles. The van der Waals surface area contributed by atoms with Crippen LogP contribution in [0.15, 0.2) is 10.6 Å². The number of hydrogen-bond donors (Lipinski definition) is 1. The van der Waals surface area contributed by atoms with E-state index < -0.39 is 0 Å². The Morgan fingerprint density at radius 2 is 2.55 bits per heavy atom. The van der Waals surface area contributed by atoms with Crippen LogP contribution in [-0.2, 0) is 11.3 Å². The van der Waals surface area contributed by atoms with Crippen molar-refractivity contribution in [1.29, 1.82) is 0 Å². The summed E-state index contributed by atoms with van der Waals surface area (Å²) in [6.45, 7) is 3.42. The SMILES string of the molecule is Cc1cc(COCCN)on1. The number of ether oxygens (including phenoxy) is 1. The van der Waals surface area contributed by atoms with Crippen LogP contribution in [0.3, 0.4) is 0 Å². The first-order chi connectivity index (χ1) is 5.33. The van der Waals surface area contributed by atoms with Gasteiger partial charge in [-0.15, -0.1) is 0 Å². The van der Waals surface area contributed by atoms with Crippen molar-refractivity contribution in [1.82, 2.24) is 5.16 Å². The molecule has 0 spiro atoms. The Labute approximate surface area is 65.3 Å². The quantitative estimate of drug-likeness (QED) is 0.643. The van der Waals surface area contributed by atoms with Crippen molar-refractivity contribution in [3.05, 3.63) is 17.5 Å². The number of nitrogens with zero attached hydrogens (tertiary/aromatic N) is 1. The molecule has 0 amide bonds. The second-order valence-corrected chi connectivity index (χ2v) is 2.28. The van der Waals surface area contributed by atoms with Crippen molar-refractivity contribution in [3.8, 4) is 0 Å². The standard InChI is InChI=1S/C7H12N2O2/c1-6-4-7(11-9-6)5-10-3-2-8/h4H,2-3,5,8H2,1H3. The van der Waals surface area contributed by atoms with E-state index in [1.54, 1.807) is 0 Å². The van der Waals surface area contributed by atoms with E-state index >= 15 is 0 Å². The van der Waals surface area contributed by atoms with Gasteiger partial charge >= 0.3 is 0 Å². The van der Waals surface area contributed by atoms with Gasteiger partial charge in [-0.25, -0.2) is 0 Å². The Kier molecular flexibility index (Phi) is 3.07. The molecule has 11 heavy (non-hydrogen) atoms. The monoisotopic (exact) mass is 156 g/mol. The molecule has 0 fully saturated rings. The van der Waals surface area contributed by atoms with Gasteiger partial charge in [0.25, 0.3) is 0 Å². The number of hydrogen-bond acceptors (Lipinski definition) is 4. The molecule has 1 rings (SSSR count). The fourth-order valence-corrected chi connectivity index (χ4v) is 0.740. The smallest absolute Gasteiger partial charge is 0.162 e. The first-order valence-electron chi connectivity index (χ1n) is 3.53. The van der Waals surface area contributed by atoms with E-state index in [0.29, 0.717) is 19.8 Å². The molecule has 4 nitrogen and oxygen atoms in total. The van der Waals surface area contributed by atoms with Crippen LogP contribution < -0.4 is 5.73 Å². The molecule has 1 aromatic heterocycles. The largest absolute Gasteiger partial charge is 0.372 e. The van der Waals surface area contributed by atoms with E-state index in [1.807, 2.05) is 13.0 Å². The lowest BCUT2D eigenvalue weighted by atomic mass is 10.4. The Hall–Kier alpha value is -0.870. The third-order valence-corrected chi connectivity index (χ3v) is 1.18. The average Bonchev–Trinajstić information content (AvgIpc) is 2.37. The molecule has 0 radical (unpaired) electrons. The summed E-state index contributed by atoms with van der Waals surface area (Å²) in [4.78, 5) is 0. The first kappa shape index (κ1) is 8.23. The van der Waals surface area contributed by atoms with Crippen molar-refractivity contribution in [2.24, 2.45) is 5.73 Å². The van der Waals surface area contributed by atoms with Crippen LogP contribution in [0.5, 0.6) is 0 Å². The highest BCUT2D eigenvalue weighted by molar-refractivity contribution is 5.01. The maximum absolute atomic E-state index is 5.23. The molecular formula is C7H12N2O2. The normalized spacial score (nSPS) is 10.4. The second-order valence-electron chi connectivity index (χ2n) is 2.28. The van der Waals surface area contributed by atoms with Crippen LogP contribution >= 0.6 is 0 Å². The molecule has 0 aliphatic heterocycles. The summed E-state index contributed by atoms with van der Waals surface area (Å²) < 4.78 is 10.0. The third kappa shape index (κ3) is 2.69. The van der Waals surface area contributed by atoms with E-state index in [0.717, 1.165) is 11.5 Å². The van der Waals surface area contributed by atoms with Gasteiger partial charge in [-0.1, -0.05) is 5.16 Å². The van der Waals surface area contributed by atoms with Crippen LogP contribution in [-0.4, -0.2) is 18.3 Å². The molecule has 1 heterocycles. The zero-order valence-electron chi connectivity index (χ0n) is 6.54. The summed E-state index contributed by atoms with van der Waals surface area (Å²) in [6.07, 6.45) is 0. The Morgan fingerprint density at radius 1 is 1.73 bits per heavy atom. The maximum Gasteiger partial charge on any atom is 0.162 e. The number of aromatic nitrogens is 1. The number of aryl methyl sites for hydroxylation is 1. The van der Waals surface area contributed by atoms with Crippen molar-refractivity contribution >= 4 is 0 Å². The second kappa shape index (κ2) is 4.10. The van der Waals surface area contributed by atoms with E-state index in [-0.39, 0.29) is 0 Å².